The normalized spacial score (nSPS) is 16.3. The highest BCUT2D eigenvalue weighted by Crippen LogP contribution is 2.31. The maximum absolute atomic E-state index is 15.0. The number of nitrogens with one attached hydrogen (secondary N) is 2. The van der Waals surface area contributed by atoms with Crippen molar-refractivity contribution < 1.29 is 45.1 Å². The maximum Gasteiger partial charge on any atom is 0.472 e. The molecule has 0 saturated carbocycles. The Morgan fingerprint density at radius 3 is 2.39 bits per heavy atom. The molecule has 2 aromatic carbocycles. The van der Waals surface area contributed by atoms with E-state index in [0.29, 0.717) is 24.5 Å². The fourth-order valence-corrected chi connectivity index (χ4v) is 5.13. The standard InChI is InChI=1S/C23H22F4N4O6S/c24-18-12-15(20(32)28-29-21(33)23(25,26)27)1-2-16(18)13-31(17-3-4-19-14(11-17)5-8-37-19)22(34)30-6-9-38(35,36)10-7-30/h1-4,11-12H,5-10,13H2,(H,28,32)(H,29,33). The van der Waals surface area contributed by atoms with Crippen LogP contribution >= 0.6 is 0 Å². The Morgan fingerprint density at radius 1 is 1.03 bits per heavy atom. The van der Waals surface area contributed by atoms with Crippen LogP contribution in [0.15, 0.2) is 36.4 Å². The zero-order valence-corrected chi connectivity index (χ0v) is 20.5. The van der Waals surface area contributed by atoms with Crippen molar-refractivity contribution >= 4 is 33.4 Å². The van der Waals surface area contributed by atoms with Gasteiger partial charge in [-0.25, -0.2) is 17.6 Å². The molecular formula is C23H22F4N4O6S. The highest BCUT2D eigenvalue weighted by atomic mass is 32.2. The topological polar surface area (TPSA) is 125 Å². The van der Waals surface area contributed by atoms with E-state index in [4.69, 9.17) is 4.74 Å². The van der Waals surface area contributed by atoms with Gasteiger partial charge in [0.1, 0.15) is 11.6 Å². The number of sulfone groups is 1. The van der Waals surface area contributed by atoms with Crippen molar-refractivity contribution in [3.8, 4) is 5.75 Å². The van der Waals surface area contributed by atoms with Crippen LogP contribution in [0.1, 0.15) is 21.5 Å². The van der Waals surface area contributed by atoms with Gasteiger partial charge in [0.2, 0.25) is 0 Å². The molecule has 2 N–H and O–H groups in total. The number of nitrogens with zero attached hydrogens (tertiary/aromatic N) is 2. The molecule has 0 aliphatic carbocycles. The van der Waals surface area contributed by atoms with Gasteiger partial charge < -0.3 is 9.64 Å². The lowest BCUT2D eigenvalue weighted by Gasteiger charge is -2.33. The minimum absolute atomic E-state index is 0.0180. The van der Waals surface area contributed by atoms with Crippen LogP contribution in [-0.2, 0) is 27.6 Å². The molecule has 0 radical (unpaired) electrons. The number of ether oxygens (including phenoxy) is 1. The summed E-state index contributed by atoms with van der Waals surface area (Å²) in [5.41, 5.74) is 3.61. The lowest BCUT2D eigenvalue weighted by atomic mass is 10.1. The van der Waals surface area contributed by atoms with Crippen molar-refractivity contribution in [1.29, 1.82) is 0 Å². The van der Waals surface area contributed by atoms with E-state index < -0.39 is 39.7 Å². The molecule has 0 spiro atoms. The van der Waals surface area contributed by atoms with Crippen LogP contribution in [0.4, 0.5) is 28.0 Å². The van der Waals surface area contributed by atoms with Gasteiger partial charge in [-0.2, -0.15) is 13.2 Å². The van der Waals surface area contributed by atoms with Gasteiger partial charge >= 0.3 is 18.1 Å². The second-order valence-electron chi connectivity index (χ2n) is 8.61. The Hall–Kier alpha value is -3.88. The molecule has 2 aliphatic rings. The molecule has 15 heteroatoms. The van der Waals surface area contributed by atoms with Gasteiger partial charge in [-0.05, 0) is 35.9 Å². The van der Waals surface area contributed by atoms with Crippen LogP contribution < -0.4 is 20.5 Å². The Balaban J connectivity index is 1.55. The molecule has 1 fully saturated rings. The molecule has 2 aromatic rings. The van der Waals surface area contributed by atoms with Crippen LogP contribution in [0.3, 0.4) is 0 Å². The second-order valence-corrected chi connectivity index (χ2v) is 10.9. The zero-order chi connectivity index (χ0) is 27.7. The van der Waals surface area contributed by atoms with E-state index in [2.05, 4.69) is 0 Å². The zero-order valence-electron chi connectivity index (χ0n) is 19.7. The first-order valence-corrected chi connectivity index (χ1v) is 13.1. The number of halogens is 4. The lowest BCUT2D eigenvalue weighted by molar-refractivity contribution is -0.174. The van der Waals surface area contributed by atoms with Gasteiger partial charge in [0.05, 0.1) is 24.7 Å². The first-order valence-electron chi connectivity index (χ1n) is 11.3. The Bertz CT molecular complexity index is 1370. The fourth-order valence-electron chi connectivity index (χ4n) is 3.93. The minimum atomic E-state index is -5.22. The van der Waals surface area contributed by atoms with Crippen molar-refractivity contribution in [2.45, 2.75) is 19.1 Å². The predicted octanol–water partition coefficient (Wildman–Crippen LogP) is 1.94. The summed E-state index contributed by atoms with van der Waals surface area (Å²) in [5.74, 6) is -4.26. The molecule has 0 aromatic heterocycles. The summed E-state index contributed by atoms with van der Waals surface area (Å²) in [6.45, 7) is 0.118. The summed E-state index contributed by atoms with van der Waals surface area (Å²) in [5, 5.41) is 0. The maximum atomic E-state index is 15.0. The fraction of sp³-hybridized carbons (Fsp3) is 0.348. The number of carbonyl (C=O) groups excluding carboxylic acids is 3. The average molecular weight is 559 g/mol. The van der Waals surface area contributed by atoms with Crippen LogP contribution in [0.2, 0.25) is 0 Å². The molecule has 2 heterocycles. The Kier molecular flexibility index (Phi) is 7.49. The number of amides is 4. The number of urea groups is 1. The van der Waals surface area contributed by atoms with E-state index in [-0.39, 0.29) is 42.3 Å². The number of benzene rings is 2. The van der Waals surface area contributed by atoms with Crippen molar-refractivity contribution in [2.24, 2.45) is 0 Å². The van der Waals surface area contributed by atoms with E-state index >= 15 is 4.39 Å². The molecular weight excluding hydrogens is 536 g/mol. The Morgan fingerprint density at radius 2 is 1.74 bits per heavy atom. The van der Waals surface area contributed by atoms with E-state index in [9.17, 15) is 36.0 Å². The lowest BCUT2D eigenvalue weighted by Crippen LogP contribution is -2.49. The summed E-state index contributed by atoms with van der Waals surface area (Å²) in [7, 11) is -3.26. The van der Waals surface area contributed by atoms with Crippen molar-refractivity contribution in [3.63, 3.8) is 0 Å². The summed E-state index contributed by atoms with van der Waals surface area (Å²) in [4.78, 5) is 39.0. The summed E-state index contributed by atoms with van der Waals surface area (Å²) < 4.78 is 81.0. The highest BCUT2D eigenvalue weighted by molar-refractivity contribution is 7.91. The molecule has 4 rings (SSSR count). The van der Waals surface area contributed by atoms with Gasteiger partial charge in [-0.3, -0.25) is 25.3 Å². The molecule has 204 valence electrons. The Labute approximate surface area is 214 Å². The van der Waals surface area contributed by atoms with E-state index in [1.165, 1.54) is 21.3 Å². The number of hydrogen-bond acceptors (Lipinski definition) is 6. The smallest absolute Gasteiger partial charge is 0.472 e. The third-order valence-corrected chi connectivity index (χ3v) is 7.63. The van der Waals surface area contributed by atoms with E-state index in [1.54, 1.807) is 23.6 Å². The number of anilines is 1. The van der Waals surface area contributed by atoms with Crippen LogP contribution in [-0.4, -0.2) is 68.5 Å². The van der Waals surface area contributed by atoms with Gasteiger partial charge in [0.25, 0.3) is 5.91 Å². The molecule has 0 atom stereocenters. The first-order chi connectivity index (χ1) is 17.8. The number of hydrazine groups is 1. The van der Waals surface area contributed by atoms with Crippen LogP contribution in [0, 0.1) is 5.82 Å². The van der Waals surface area contributed by atoms with Gasteiger partial charge in [-0.1, -0.05) is 6.07 Å². The number of hydrogen-bond donors (Lipinski definition) is 2. The number of alkyl halides is 3. The SMILES string of the molecule is O=C(NNC(=O)C(F)(F)F)c1ccc(CN(C(=O)N2CCS(=O)(=O)CC2)c2ccc3c(c2)CCO3)c(F)c1. The summed E-state index contributed by atoms with van der Waals surface area (Å²) in [6.07, 6.45) is -4.61. The average Bonchev–Trinajstić information content (AvgIpc) is 3.33. The van der Waals surface area contributed by atoms with Gasteiger partial charge in [0, 0.05) is 36.3 Å². The molecule has 4 amide bonds. The minimum Gasteiger partial charge on any atom is -0.493 e. The summed E-state index contributed by atoms with van der Waals surface area (Å²) >= 11 is 0. The molecule has 1 saturated heterocycles. The number of carbonyl (C=O) groups is 3. The molecule has 0 unspecified atom stereocenters. The third kappa shape index (κ3) is 6.15. The van der Waals surface area contributed by atoms with Crippen molar-refractivity contribution in [3.05, 3.63) is 58.9 Å². The molecule has 38 heavy (non-hydrogen) atoms. The van der Waals surface area contributed by atoms with Gasteiger partial charge in [-0.15, -0.1) is 0 Å². The van der Waals surface area contributed by atoms with E-state index in [0.717, 1.165) is 17.7 Å². The largest absolute Gasteiger partial charge is 0.493 e. The first kappa shape index (κ1) is 27.2. The van der Waals surface area contributed by atoms with Crippen LogP contribution in [0.25, 0.3) is 0 Å². The highest BCUT2D eigenvalue weighted by Gasteiger charge is 2.39. The van der Waals surface area contributed by atoms with Crippen LogP contribution in [0.5, 0.6) is 5.75 Å². The third-order valence-electron chi connectivity index (χ3n) is 6.02. The molecule has 0 bridgehead atoms. The van der Waals surface area contributed by atoms with Gasteiger partial charge in [0.15, 0.2) is 9.84 Å². The monoisotopic (exact) mass is 558 g/mol. The molecule has 10 nitrogen and oxygen atoms in total. The predicted molar refractivity (Wildman–Crippen MR) is 126 cm³/mol. The second kappa shape index (κ2) is 10.5. The number of rotatable bonds is 4. The quantitative estimate of drug-likeness (QED) is 0.437. The molecule has 2 aliphatic heterocycles. The summed E-state index contributed by atoms with van der Waals surface area (Å²) in [6, 6.07) is 7.55. The van der Waals surface area contributed by atoms with E-state index in [1.807, 2.05) is 0 Å². The van der Waals surface area contributed by atoms with Crippen molar-refractivity contribution in [1.82, 2.24) is 15.8 Å². The number of fused-ring (bicyclic) bond motifs is 1. The van der Waals surface area contributed by atoms with Crippen molar-refractivity contribution in [2.75, 3.05) is 36.1 Å².